The van der Waals surface area contributed by atoms with Gasteiger partial charge in [-0.2, -0.15) is 5.10 Å². The molecule has 3 amide bonds. The number of benzene rings is 2. The maximum absolute atomic E-state index is 13.0. The molecular weight excluding hydrogens is 410 g/mol. The summed E-state index contributed by atoms with van der Waals surface area (Å²) >= 11 is 3.40. The second-order valence-corrected chi connectivity index (χ2v) is 7.16. The van der Waals surface area contributed by atoms with Crippen LogP contribution in [-0.2, 0) is 4.79 Å². The van der Waals surface area contributed by atoms with Crippen molar-refractivity contribution in [3.63, 3.8) is 0 Å². The van der Waals surface area contributed by atoms with Gasteiger partial charge in [0.2, 0.25) is 0 Å². The van der Waals surface area contributed by atoms with Gasteiger partial charge in [0, 0.05) is 21.2 Å². The van der Waals surface area contributed by atoms with E-state index < -0.39 is 6.04 Å². The molecule has 0 saturated carbocycles. The molecule has 1 aliphatic heterocycles. The summed E-state index contributed by atoms with van der Waals surface area (Å²) in [4.78, 5) is 25.0. The SMILES string of the molecule is CC1=C(C(=O)Nc2ccc3[nH]ncc3c2)C(c2ccc(Br)cc2)NC(=O)N1. The van der Waals surface area contributed by atoms with Gasteiger partial charge in [0.15, 0.2) is 0 Å². The molecule has 8 heteroatoms. The van der Waals surface area contributed by atoms with Crippen molar-refractivity contribution in [3.05, 3.63) is 70.0 Å². The lowest BCUT2D eigenvalue weighted by molar-refractivity contribution is -0.113. The topological polar surface area (TPSA) is 98.9 Å². The number of aromatic amines is 1. The van der Waals surface area contributed by atoms with Crippen LogP contribution in [0.25, 0.3) is 10.9 Å². The van der Waals surface area contributed by atoms with Crippen LogP contribution in [0.2, 0.25) is 0 Å². The van der Waals surface area contributed by atoms with Crippen molar-refractivity contribution < 1.29 is 9.59 Å². The number of hydrogen-bond acceptors (Lipinski definition) is 3. The number of nitrogens with zero attached hydrogens (tertiary/aromatic N) is 1. The summed E-state index contributed by atoms with van der Waals surface area (Å²) in [7, 11) is 0. The van der Waals surface area contributed by atoms with Crippen LogP contribution in [0.4, 0.5) is 10.5 Å². The molecule has 4 N–H and O–H groups in total. The predicted molar refractivity (Wildman–Crippen MR) is 106 cm³/mol. The molecule has 1 atom stereocenters. The maximum Gasteiger partial charge on any atom is 0.319 e. The number of carbonyl (C=O) groups excluding carboxylic acids is 2. The molecular formula is C19H16BrN5O2. The standard InChI is InChI=1S/C19H16BrN5O2/c1-10-16(17(24-19(27)22-10)11-2-4-13(20)5-3-11)18(26)23-14-6-7-15-12(8-14)9-21-25-15/h2-9,17H,1H3,(H,21,25)(H,23,26)(H2,22,24,27). The monoisotopic (exact) mass is 425 g/mol. The van der Waals surface area contributed by atoms with Gasteiger partial charge < -0.3 is 16.0 Å². The summed E-state index contributed by atoms with van der Waals surface area (Å²) in [5.41, 5.74) is 3.35. The van der Waals surface area contributed by atoms with Crippen molar-refractivity contribution in [2.75, 3.05) is 5.32 Å². The van der Waals surface area contributed by atoms with Crippen molar-refractivity contribution in [3.8, 4) is 0 Å². The number of fused-ring (bicyclic) bond motifs is 1. The van der Waals surface area contributed by atoms with Gasteiger partial charge in [-0.3, -0.25) is 9.89 Å². The second kappa shape index (κ2) is 6.88. The molecule has 0 saturated heterocycles. The molecule has 2 heterocycles. The Bertz CT molecular complexity index is 1070. The van der Waals surface area contributed by atoms with Gasteiger partial charge in [0.05, 0.1) is 23.3 Å². The van der Waals surface area contributed by atoms with E-state index >= 15 is 0 Å². The Morgan fingerprint density at radius 2 is 1.96 bits per heavy atom. The van der Waals surface area contributed by atoms with Crippen LogP contribution in [0.15, 0.2) is 64.4 Å². The van der Waals surface area contributed by atoms with Crippen molar-refractivity contribution in [2.24, 2.45) is 0 Å². The minimum atomic E-state index is -0.537. The normalized spacial score (nSPS) is 16.8. The molecule has 2 aromatic carbocycles. The Morgan fingerprint density at radius 1 is 1.19 bits per heavy atom. The number of hydrogen-bond donors (Lipinski definition) is 4. The number of anilines is 1. The average Bonchev–Trinajstić information content (AvgIpc) is 3.09. The third-order valence-electron chi connectivity index (χ3n) is 4.42. The highest BCUT2D eigenvalue weighted by Crippen LogP contribution is 2.29. The van der Waals surface area contributed by atoms with E-state index in [0.29, 0.717) is 17.0 Å². The van der Waals surface area contributed by atoms with E-state index in [1.54, 1.807) is 19.2 Å². The van der Waals surface area contributed by atoms with E-state index in [0.717, 1.165) is 20.9 Å². The lowest BCUT2D eigenvalue weighted by atomic mass is 9.95. The second-order valence-electron chi connectivity index (χ2n) is 6.25. The van der Waals surface area contributed by atoms with Gasteiger partial charge in [-0.05, 0) is 42.8 Å². The largest absolute Gasteiger partial charge is 0.327 e. The van der Waals surface area contributed by atoms with Gasteiger partial charge >= 0.3 is 6.03 Å². The summed E-state index contributed by atoms with van der Waals surface area (Å²) in [5.74, 6) is -0.282. The van der Waals surface area contributed by atoms with E-state index in [1.807, 2.05) is 36.4 Å². The highest BCUT2D eigenvalue weighted by Gasteiger charge is 2.31. The molecule has 0 radical (unpaired) electrons. The fourth-order valence-electron chi connectivity index (χ4n) is 3.12. The Balaban J connectivity index is 1.66. The van der Waals surface area contributed by atoms with Crippen LogP contribution in [0.1, 0.15) is 18.5 Å². The highest BCUT2D eigenvalue weighted by molar-refractivity contribution is 9.10. The van der Waals surface area contributed by atoms with Crippen LogP contribution in [-0.4, -0.2) is 22.1 Å². The third kappa shape index (κ3) is 3.43. The number of rotatable bonds is 3. The number of urea groups is 1. The number of allylic oxidation sites excluding steroid dienone is 1. The van der Waals surface area contributed by atoms with Crippen LogP contribution in [0, 0.1) is 0 Å². The average molecular weight is 426 g/mol. The zero-order valence-electron chi connectivity index (χ0n) is 14.3. The zero-order chi connectivity index (χ0) is 19.0. The molecule has 1 aliphatic rings. The summed E-state index contributed by atoms with van der Waals surface area (Å²) in [6.07, 6.45) is 1.70. The van der Waals surface area contributed by atoms with Crippen LogP contribution in [0.3, 0.4) is 0 Å². The Labute approximate surface area is 163 Å². The Morgan fingerprint density at radius 3 is 2.74 bits per heavy atom. The van der Waals surface area contributed by atoms with Crippen LogP contribution >= 0.6 is 15.9 Å². The molecule has 1 aromatic heterocycles. The molecule has 1 unspecified atom stereocenters. The third-order valence-corrected chi connectivity index (χ3v) is 4.94. The quantitative estimate of drug-likeness (QED) is 0.515. The molecule has 0 bridgehead atoms. The first kappa shape index (κ1) is 17.3. The van der Waals surface area contributed by atoms with E-state index in [-0.39, 0.29) is 11.9 Å². The molecule has 0 spiro atoms. The minimum Gasteiger partial charge on any atom is -0.327 e. The van der Waals surface area contributed by atoms with Crippen molar-refractivity contribution >= 4 is 44.5 Å². The maximum atomic E-state index is 13.0. The highest BCUT2D eigenvalue weighted by atomic mass is 79.9. The van der Waals surface area contributed by atoms with Crippen molar-refractivity contribution in [1.82, 2.24) is 20.8 Å². The summed E-state index contributed by atoms with van der Waals surface area (Å²) in [6.45, 7) is 1.72. The molecule has 3 aromatic rings. The zero-order valence-corrected chi connectivity index (χ0v) is 15.9. The van der Waals surface area contributed by atoms with Gasteiger partial charge in [-0.1, -0.05) is 28.1 Å². The number of aromatic nitrogens is 2. The van der Waals surface area contributed by atoms with E-state index in [2.05, 4.69) is 42.1 Å². The summed E-state index contributed by atoms with van der Waals surface area (Å²) in [5, 5.41) is 16.2. The van der Waals surface area contributed by atoms with Gasteiger partial charge in [-0.25, -0.2) is 4.79 Å². The Kier molecular flexibility index (Phi) is 4.41. The van der Waals surface area contributed by atoms with Crippen LogP contribution < -0.4 is 16.0 Å². The van der Waals surface area contributed by atoms with E-state index in [4.69, 9.17) is 0 Å². The van der Waals surface area contributed by atoms with E-state index in [1.165, 1.54) is 0 Å². The smallest absolute Gasteiger partial charge is 0.319 e. The Hall–Kier alpha value is -3.13. The van der Waals surface area contributed by atoms with Crippen LogP contribution in [0.5, 0.6) is 0 Å². The lowest BCUT2D eigenvalue weighted by Gasteiger charge is -2.28. The molecule has 0 aliphatic carbocycles. The number of nitrogens with one attached hydrogen (secondary N) is 4. The summed E-state index contributed by atoms with van der Waals surface area (Å²) < 4.78 is 0.923. The first-order valence-corrected chi connectivity index (χ1v) is 9.09. The number of amides is 3. The van der Waals surface area contributed by atoms with Gasteiger partial charge in [0.25, 0.3) is 5.91 Å². The molecule has 27 heavy (non-hydrogen) atoms. The van der Waals surface area contributed by atoms with E-state index in [9.17, 15) is 9.59 Å². The fourth-order valence-corrected chi connectivity index (χ4v) is 3.38. The predicted octanol–water partition coefficient (Wildman–Crippen LogP) is 3.59. The summed E-state index contributed by atoms with van der Waals surface area (Å²) in [6, 6.07) is 12.1. The molecule has 136 valence electrons. The first-order chi connectivity index (χ1) is 13.0. The van der Waals surface area contributed by atoms with Crippen molar-refractivity contribution in [1.29, 1.82) is 0 Å². The first-order valence-electron chi connectivity index (χ1n) is 8.29. The van der Waals surface area contributed by atoms with Gasteiger partial charge in [0.1, 0.15) is 0 Å². The van der Waals surface area contributed by atoms with Crippen molar-refractivity contribution in [2.45, 2.75) is 13.0 Å². The number of H-pyrrole nitrogens is 1. The molecule has 4 rings (SSSR count). The number of carbonyl (C=O) groups is 2. The fraction of sp³-hybridized carbons (Fsp3) is 0.105. The molecule has 7 nitrogen and oxygen atoms in total. The van der Waals surface area contributed by atoms with Gasteiger partial charge in [-0.15, -0.1) is 0 Å². The number of halogens is 1. The minimum absolute atomic E-state index is 0.282. The molecule has 0 fully saturated rings. The lowest BCUT2D eigenvalue weighted by Crippen LogP contribution is -2.45.